The minimum Gasteiger partial charge on any atom is -0.322 e. The predicted molar refractivity (Wildman–Crippen MR) is 129 cm³/mol. The van der Waals surface area contributed by atoms with E-state index in [-0.39, 0.29) is 5.91 Å². The molecule has 0 bridgehead atoms. The predicted octanol–water partition coefficient (Wildman–Crippen LogP) is 5.27. The molecule has 0 radical (unpaired) electrons. The van der Waals surface area contributed by atoms with Gasteiger partial charge in [0, 0.05) is 35.6 Å². The summed E-state index contributed by atoms with van der Waals surface area (Å²) in [4.78, 5) is 18.1. The van der Waals surface area contributed by atoms with Crippen molar-refractivity contribution >= 4 is 34.1 Å². The van der Waals surface area contributed by atoms with Crippen molar-refractivity contribution in [2.45, 2.75) is 20.0 Å². The summed E-state index contributed by atoms with van der Waals surface area (Å²) >= 11 is 5.96. The van der Waals surface area contributed by atoms with Gasteiger partial charge in [0.25, 0.3) is 5.91 Å². The van der Waals surface area contributed by atoms with Gasteiger partial charge in [0.1, 0.15) is 0 Å². The number of benzene rings is 2. The lowest BCUT2D eigenvalue weighted by atomic mass is 10.0. The van der Waals surface area contributed by atoms with E-state index in [0.717, 1.165) is 28.6 Å². The number of hydrogen-bond donors (Lipinski definition) is 1. The zero-order valence-electron chi connectivity index (χ0n) is 17.9. The highest BCUT2D eigenvalue weighted by Gasteiger charge is 2.15. The molecule has 0 aliphatic carbocycles. The molecular formula is C25H21ClN6O. The molecule has 0 atom stereocenters. The van der Waals surface area contributed by atoms with E-state index in [1.165, 1.54) is 0 Å². The Bertz CT molecular complexity index is 1450. The largest absolute Gasteiger partial charge is 0.322 e. The second kappa shape index (κ2) is 8.88. The number of carbonyl (C=O) groups is 1. The smallest absolute Gasteiger partial charge is 0.256 e. The number of carbonyl (C=O) groups excluding carboxylic acids is 1. The average Bonchev–Trinajstić information content (AvgIpc) is 3.47. The zero-order valence-corrected chi connectivity index (χ0v) is 18.7. The molecule has 3 aromatic heterocycles. The normalized spacial score (nSPS) is 11.1. The number of pyridine rings is 1. The first kappa shape index (κ1) is 20.9. The second-order valence-electron chi connectivity index (χ2n) is 7.67. The van der Waals surface area contributed by atoms with E-state index >= 15 is 0 Å². The lowest BCUT2D eigenvalue weighted by Gasteiger charge is -2.11. The summed E-state index contributed by atoms with van der Waals surface area (Å²) in [5, 5.41) is 13.0. The summed E-state index contributed by atoms with van der Waals surface area (Å²) < 4.78 is 3.59. The molecule has 3 heterocycles. The fourth-order valence-corrected chi connectivity index (χ4v) is 3.89. The molecule has 2 aromatic carbocycles. The number of aryl methyl sites for hydroxylation is 1. The lowest BCUT2D eigenvalue weighted by molar-refractivity contribution is 0.102. The van der Waals surface area contributed by atoms with Crippen LogP contribution in [0.15, 0.2) is 79.4 Å². The van der Waals surface area contributed by atoms with Crippen molar-refractivity contribution in [1.29, 1.82) is 0 Å². The summed E-state index contributed by atoms with van der Waals surface area (Å²) in [6.07, 6.45) is 7.07. The van der Waals surface area contributed by atoms with Crippen LogP contribution in [-0.4, -0.2) is 30.5 Å². The number of fused-ring (bicyclic) bond motifs is 1. The van der Waals surface area contributed by atoms with Gasteiger partial charge in [0.15, 0.2) is 0 Å². The van der Waals surface area contributed by atoms with Gasteiger partial charge >= 0.3 is 0 Å². The maximum atomic E-state index is 13.4. The van der Waals surface area contributed by atoms with Gasteiger partial charge in [0.05, 0.1) is 40.7 Å². The fraction of sp³-hybridized carbons (Fsp3) is 0.120. The van der Waals surface area contributed by atoms with Crippen LogP contribution in [0.5, 0.6) is 0 Å². The second-order valence-corrected chi connectivity index (χ2v) is 8.10. The number of aromatic nitrogens is 5. The van der Waals surface area contributed by atoms with Crippen LogP contribution in [0, 0.1) is 0 Å². The molecule has 0 aliphatic heterocycles. The lowest BCUT2D eigenvalue weighted by Crippen LogP contribution is -2.13. The Hall–Kier alpha value is -3.97. The number of halogens is 1. The van der Waals surface area contributed by atoms with Gasteiger partial charge in [-0.2, -0.15) is 10.2 Å². The van der Waals surface area contributed by atoms with E-state index in [4.69, 9.17) is 16.6 Å². The Labute approximate surface area is 195 Å². The van der Waals surface area contributed by atoms with Crippen LogP contribution in [0.25, 0.3) is 22.2 Å². The molecule has 164 valence electrons. The third-order valence-electron chi connectivity index (χ3n) is 5.34. The third-order valence-corrected chi connectivity index (χ3v) is 5.54. The van der Waals surface area contributed by atoms with E-state index in [2.05, 4.69) is 15.5 Å². The van der Waals surface area contributed by atoms with Gasteiger partial charge in [-0.3, -0.25) is 14.2 Å². The molecule has 0 unspecified atom stereocenters. The number of hydrogen-bond acceptors (Lipinski definition) is 4. The van der Waals surface area contributed by atoms with Crippen LogP contribution < -0.4 is 5.32 Å². The Morgan fingerprint density at radius 2 is 1.85 bits per heavy atom. The standard InChI is InChI=1S/C25H21ClN6O/c1-2-31-15-18(12-27-31)24-11-22(21-8-3-4-9-23(21)30-24)25(33)29-20-7-5-6-17(10-20)14-32-16-19(26)13-28-32/h3-13,15-16H,2,14H2,1H3,(H,29,33). The minimum absolute atomic E-state index is 0.197. The van der Waals surface area contributed by atoms with Crippen LogP contribution in [0.4, 0.5) is 5.69 Å². The number of anilines is 1. The summed E-state index contributed by atoms with van der Waals surface area (Å²) in [5.74, 6) is -0.197. The first-order valence-corrected chi connectivity index (χ1v) is 11.0. The molecule has 0 aliphatic rings. The molecule has 8 heteroatoms. The number of amides is 1. The van der Waals surface area contributed by atoms with E-state index in [1.807, 2.05) is 72.4 Å². The van der Waals surface area contributed by atoms with Crippen molar-refractivity contribution < 1.29 is 4.79 Å². The monoisotopic (exact) mass is 456 g/mol. The minimum atomic E-state index is -0.197. The molecule has 0 fully saturated rings. The van der Waals surface area contributed by atoms with E-state index < -0.39 is 0 Å². The quantitative estimate of drug-likeness (QED) is 0.377. The van der Waals surface area contributed by atoms with Gasteiger partial charge in [-0.05, 0) is 36.8 Å². The zero-order chi connectivity index (χ0) is 22.8. The van der Waals surface area contributed by atoms with Gasteiger partial charge in [-0.15, -0.1) is 0 Å². The van der Waals surface area contributed by atoms with E-state index in [1.54, 1.807) is 23.3 Å². The van der Waals surface area contributed by atoms with Crippen molar-refractivity contribution in [2.24, 2.45) is 0 Å². The third kappa shape index (κ3) is 4.49. The van der Waals surface area contributed by atoms with Gasteiger partial charge in [-0.1, -0.05) is 41.9 Å². The Kier molecular flexibility index (Phi) is 5.62. The Balaban J connectivity index is 1.46. The van der Waals surface area contributed by atoms with Crippen molar-refractivity contribution in [2.75, 3.05) is 5.32 Å². The van der Waals surface area contributed by atoms with Crippen LogP contribution in [0.3, 0.4) is 0 Å². The topological polar surface area (TPSA) is 77.6 Å². The number of rotatable bonds is 6. The maximum Gasteiger partial charge on any atom is 0.256 e. The maximum absolute atomic E-state index is 13.4. The molecule has 33 heavy (non-hydrogen) atoms. The number of nitrogens with zero attached hydrogens (tertiary/aromatic N) is 5. The summed E-state index contributed by atoms with van der Waals surface area (Å²) in [6, 6.07) is 17.2. The summed E-state index contributed by atoms with van der Waals surface area (Å²) in [7, 11) is 0. The molecule has 0 saturated carbocycles. The van der Waals surface area contributed by atoms with E-state index in [0.29, 0.717) is 28.5 Å². The molecule has 1 N–H and O–H groups in total. The van der Waals surface area contributed by atoms with Crippen LogP contribution in [-0.2, 0) is 13.1 Å². The Morgan fingerprint density at radius 1 is 1.00 bits per heavy atom. The first-order chi connectivity index (χ1) is 16.1. The van der Waals surface area contributed by atoms with Crippen molar-refractivity contribution in [1.82, 2.24) is 24.5 Å². The molecule has 0 saturated heterocycles. The highest BCUT2D eigenvalue weighted by Crippen LogP contribution is 2.26. The number of para-hydroxylation sites is 1. The van der Waals surface area contributed by atoms with Crippen LogP contribution in [0.2, 0.25) is 5.02 Å². The highest BCUT2D eigenvalue weighted by molar-refractivity contribution is 6.30. The van der Waals surface area contributed by atoms with E-state index in [9.17, 15) is 4.79 Å². The number of nitrogens with one attached hydrogen (secondary N) is 1. The average molecular weight is 457 g/mol. The van der Waals surface area contributed by atoms with Crippen LogP contribution in [0.1, 0.15) is 22.8 Å². The molecule has 5 rings (SSSR count). The molecule has 1 amide bonds. The molecular weight excluding hydrogens is 436 g/mol. The van der Waals surface area contributed by atoms with Crippen molar-refractivity contribution in [3.8, 4) is 11.3 Å². The van der Waals surface area contributed by atoms with Crippen molar-refractivity contribution in [3.05, 3.63) is 95.5 Å². The SMILES string of the molecule is CCn1cc(-c2cc(C(=O)Nc3cccc(Cn4cc(Cl)cn4)c3)c3ccccc3n2)cn1. The summed E-state index contributed by atoms with van der Waals surface area (Å²) in [5.41, 5.74) is 4.61. The highest BCUT2D eigenvalue weighted by atomic mass is 35.5. The van der Waals surface area contributed by atoms with Gasteiger partial charge in [0.2, 0.25) is 0 Å². The van der Waals surface area contributed by atoms with Gasteiger partial charge < -0.3 is 5.32 Å². The van der Waals surface area contributed by atoms with Gasteiger partial charge in [-0.25, -0.2) is 4.98 Å². The molecule has 0 spiro atoms. The van der Waals surface area contributed by atoms with Crippen LogP contribution >= 0.6 is 11.6 Å². The van der Waals surface area contributed by atoms with Crippen molar-refractivity contribution in [3.63, 3.8) is 0 Å². The molecule has 5 aromatic rings. The molecule has 7 nitrogen and oxygen atoms in total. The summed E-state index contributed by atoms with van der Waals surface area (Å²) in [6.45, 7) is 3.35. The fourth-order valence-electron chi connectivity index (χ4n) is 3.74. The Morgan fingerprint density at radius 3 is 2.64 bits per heavy atom. The first-order valence-electron chi connectivity index (χ1n) is 10.6.